The molecule has 4 heteroatoms. The maximum absolute atomic E-state index is 12.7. The summed E-state index contributed by atoms with van der Waals surface area (Å²) in [6.45, 7) is 0. The van der Waals surface area contributed by atoms with Crippen LogP contribution in [0, 0.1) is 5.82 Å². The first-order chi connectivity index (χ1) is 8.16. The maximum Gasteiger partial charge on any atom is 0.123 e. The van der Waals surface area contributed by atoms with E-state index in [0.717, 1.165) is 10.0 Å². The first-order valence-corrected chi connectivity index (χ1v) is 7.15. The largest absolute Gasteiger partial charge is 0.254 e. The molecule has 0 spiro atoms. The molecule has 0 fully saturated rings. The van der Waals surface area contributed by atoms with Gasteiger partial charge in [-0.2, -0.15) is 0 Å². The van der Waals surface area contributed by atoms with Gasteiger partial charge < -0.3 is 0 Å². The SMILES string of the molecule is O=S(Cc1ccccc1Br)c1ccc(F)cc1. The Labute approximate surface area is 110 Å². The Morgan fingerprint density at radius 3 is 2.35 bits per heavy atom. The molecule has 0 saturated heterocycles. The zero-order valence-electron chi connectivity index (χ0n) is 8.90. The van der Waals surface area contributed by atoms with Gasteiger partial charge in [0.2, 0.25) is 0 Å². The van der Waals surface area contributed by atoms with Gasteiger partial charge in [0.05, 0.1) is 16.6 Å². The van der Waals surface area contributed by atoms with Crippen molar-refractivity contribution in [2.45, 2.75) is 10.6 Å². The summed E-state index contributed by atoms with van der Waals surface area (Å²) in [7, 11) is -1.15. The molecule has 2 aromatic rings. The fourth-order valence-corrected chi connectivity index (χ4v) is 3.18. The van der Waals surface area contributed by atoms with Crippen molar-refractivity contribution in [1.29, 1.82) is 0 Å². The number of rotatable bonds is 3. The molecule has 2 rings (SSSR count). The summed E-state index contributed by atoms with van der Waals surface area (Å²) in [6.07, 6.45) is 0. The van der Waals surface area contributed by atoms with Crippen LogP contribution in [0.5, 0.6) is 0 Å². The van der Waals surface area contributed by atoms with Crippen LogP contribution in [0.15, 0.2) is 57.9 Å². The standard InChI is InChI=1S/C13H10BrFOS/c14-13-4-2-1-3-10(13)9-17(16)12-7-5-11(15)6-8-12/h1-8H,9H2. The van der Waals surface area contributed by atoms with E-state index in [0.29, 0.717) is 10.6 Å². The minimum Gasteiger partial charge on any atom is -0.254 e. The van der Waals surface area contributed by atoms with Crippen LogP contribution in [-0.2, 0) is 16.6 Å². The fraction of sp³-hybridized carbons (Fsp3) is 0.0769. The lowest BCUT2D eigenvalue weighted by atomic mass is 10.2. The smallest absolute Gasteiger partial charge is 0.123 e. The van der Waals surface area contributed by atoms with E-state index in [1.165, 1.54) is 12.1 Å². The highest BCUT2D eigenvalue weighted by Gasteiger charge is 2.07. The van der Waals surface area contributed by atoms with Gasteiger partial charge >= 0.3 is 0 Å². The zero-order valence-corrected chi connectivity index (χ0v) is 11.3. The topological polar surface area (TPSA) is 17.1 Å². The lowest BCUT2D eigenvalue weighted by Gasteiger charge is -2.04. The summed E-state index contributed by atoms with van der Waals surface area (Å²) in [5, 5.41) is 0. The molecule has 88 valence electrons. The summed E-state index contributed by atoms with van der Waals surface area (Å²) in [6, 6.07) is 13.4. The van der Waals surface area contributed by atoms with Gasteiger partial charge in [0.15, 0.2) is 0 Å². The van der Waals surface area contributed by atoms with E-state index >= 15 is 0 Å². The van der Waals surface area contributed by atoms with Gasteiger partial charge in [-0.05, 0) is 35.9 Å². The first kappa shape index (κ1) is 12.5. The average molecular weight is 313 g/mol. The number of halogens is 2. The van der Waals surface area contributed by atoms with Crippen molar-refractivity contribution in [1.82, 2.24) is 0 Å². The van der Waals surface area contributed by atoms with Crippen molar-refractivity contribution in [3.05, 3.63) is 64.4 Å². The molecule has 2 aromatic carbocycles. The highest BCUT2D eigenvalue weighted by atomic mass is 79.9. The molecule has 1 nitrogen and oxygen atoms in total. The van der Waals surface area contributed by atoms with Crippen LogP contribution in [0.4, 0.5) is 4.39 Å². The first-order valence-electron chi connectivity index (χ1n) is 5.04. The summed E-state index contributed by atoms with van der Waals surface area (Å²) in [5.74, 6) is 0.110. The van der Waals surface area contributed by atoms with E-state index in [2.05, 4.69) is 15.9 Å². The van der Waals surface area contributed by atoms with Crippen LogP contribution in [0.2, 0.25) is 0 Å². The molecule has 0 aromatic heterocycles. The molecule has 0 radical (unpaired) electrons. The molecule has 0 aliphatic carbocycles. The third-order valence-electron chi connectivity index (χ3n) is 2.32. The highest BCUT2D eigenvalue weighted by molar-refractivity contribution is 9.10. The second kappa shape index (κ2) is 5.56. The van der Waals surface area contributed by atoms with Crippen LogP contribution in [0.3, 0.4) is 0 Å². The predicted octanol–water partition coefficient (Wildman–Crippen LogP) is 3.90. The van der Waals surface area contributed by atoms with Gasteiger partial charge in [0.25, 0.3) is 0 Å². The second-order valence-electron chi connectivity index (χ2n) is 3.54. The zero-order chi connectivity index (χ0) is 12.3. The maximum atomic E-state index is 12.7. The van der Waals surface area contributed by atoms with Crippen molar-refractivity contribution >= 4 is 26.7 Å². The van der Waals surface area contributed by atoms with E-state index in [9.17, 15) is 8.60 Å². The molecular weight excluding hydrogens is 303 g/mol. The third-order valence-corrected chi connectivity index (χ3v) is 4.47. The van der Waals surface area contributed by atoms with Gasteiger partial charge in [-0.25, -0.2) is 4.39 Å². The highest BCUT2D eigenvalue weighted by Crippen LogP contribution is 2.20. The molecule has 1 atom stereocenters. The van der Waals surface area contributed by atoms with Gasteiger partial charge in [0, 0.05) is 9.37 Å². The minimum atomic E-state index is -1.15. The Bertz CT molecular complexity index is 539. The lowest BCUT2D eigenvalue weighted by molar-refractivity contribution is 0.626. The van der Waals surface area contributed by atoms with Gasteiger partial charge in [-0.15, -0.1) is 0 Å². The fourth-order valence-electron chi connectivity index (χ4n) is 1.43. The van der Waals surface area contributed by atoms with Crippen LogP contribution < -0.4 is 0 Å². The normalized spacial score (nSPS) is 12.4. The van der Waals surface area contributed by atoms with E-state index in [-0.39, 0.29) is 5.82 Å². The quantitative estimate of drug-likeness (QED) is 0.840. The molecule has 1 unspecified atom stereocenters. The molecule has 0 N–H and O–H groups in total. The Hall–Kier alpha value is -1.00. The average Bonchev–Trinajstić information content (AvgIpc) is 2.33. The summed E-state index contributed by atoms with van der Waals surface area (Å²) in [4.78, 5) is 0.641. The Balaban J connectivity index is 2.17. The summed E-state index contributed by atoms with van der Waals surface area (Å²) >= 11 is 3.41. The minimum absolute atomic E-state index is 0.313. The Morgan fingerprint density at radius 2 is 1.71 bits per heavy atom. The molecule has 0 aliphatic rings. The molecule has 0 heterocycles. The Morgan fingerprint density at radius 1 is 1.06 bits per heavy atom. The van der Waals surface area contributed by atoms with Crippen molar-refractivity contribution in [2.24, 2.45) is 0 Å². The molecular formula is C13H10BrFOS. The van der Waals surface area contributed by atoms with E-state index in [4.69, 9.17) is 0 Å². The number of hydrogen-bond donors (Lipinski definition) is 0. The third kappa shape index (κ3) is 3.23. The monoisotopic (exact) mass is 312 g/mol. The van der Waals surface area contributed by atoms with Crippen LogP contribution in [0.1, 0.15) is 5.56 Å². The van der Waals surface area contributed by atoms with Gasteiger partial charge in [-0.3, -0.25) is 4.21 Å². The summed E-state index contributed by atoms with van der Waals surface area (Å²) < 4.78 is 25.7. The van der Waals surface area contributed by atoms with Gasteiger partial charge in [-0.1, -0.05) is 34.1 Å². The summed E-state index contributed by atoms with van der Waals surface area (Å²) in [5.41, 5.74) is 0.982. The molecule has 0 bridgehead atoms. The van der Waals surface area contributed by atoms with Gasteiger partial charge in [0.1, 0.15) is 5.82 Å². The lowest BCUT2D eigenvalue weighted by Crippen LogP contribution is -1.97. The van der Waals surface area contributed by atoms with E-state index in [1.807, 2.05) is 24.3 Å². The molecule has 0 amide bonds. The van der Waals surface area contributed by atoms with Crippen molar-refractivity contribution in [3.63, 3.8) is 0 Å². The van der Waals surface area contributed by atoms with Crippen LogP contribution in [-0.4, -0.2) is 4.21 Å². The number of hydrogen-bond acceptors (Lipinski definition) is 1. The van der Waals surface area contributed by atoms with E-state index in [1.54, 1.807) is 12.1 Å². The predicted molar refractivity (Wildman–Crippen MR) is 70.7 cm³/mol. The Kier molecular flexibility index (Phi) is 4.07. The van der Waals surface area contributed by atoms with Crippen molar-refractivity contribution < 1.29 is 8.60 Å². The van der Waals surface area contributed by atoms with Crippen LogP contribution >= 0.6 is 15.9 Å². The second-order valence-corrected chi connectivity index (χ2v) is 5.84. The molecule has 17 heavy (non-hydrogen) atoms. The van der Waals surface area contributed by atoms with Crippen molar-refractivity contribution in [3.8, 4) is 0 Å². The molecule has 0 saturated carbocycles. The number of benzene rings is 2. The molecule has 0 aliphatic heterocycles. The van der Waals surface area contributed by atoms with E-state index < -0.39 is 10.8 Å². The van der Waals surface area contributed by atoms with Crippen LogP contribution in [0.25, 0.3) is 0 Å². The van der Waals surface area contributed by atoms with Crippen molar-refractivity contribution in [2.75, 3.05) is 0 Å².